The molecular formula is C23H17Cl2N3O3. The number of carbonyl (C=O) groups excluding carboxylic acids is 1. The van der Waals surface area contributed by atoms with Gasteiger partial charge in [-0.15, -0.1) is 0 Å². The molecule has 1 heterocycles. The summed E-state index contributed by atoms with van der Waals surface area (Å²) in [6.45, 7) is 3.61. The standard InChI is InChI=1S/C23H17Cl2N3O3/c1-13-9-15(14(2)28(13)21-6-4-3-5-18(21)23(30)31)10-16(12-26)22(29)27-20-8-7-17(24)11-19(20)25/h3-11H,1-2H3,(H,27,29)(H,30,31)/b16-10-. The van der Waals surface area contributed by atoms with Crippen LogP contribution in [0.2, 0.25) is 10.0 Å². The van der Waals surface area contributed by atoms with E-state index in [1.165, 1.54) is 18.2 Å². The highest BCUT2D eigenvalue weighted by Gasteiger charge is 2.18. The first kappa shape index (κ1) is 22.2. The molecule has 6 nitrogen and oxygen atoms in total. The molecule has 0 radical (unpaired) electrons. The van der Waals surface area contributed by atoms with Crippen LogP contribution in [0.4, 0.5) is 5.69 Å². The molecule has 0 saturated heterocycles. The van der Waals surface area contributed by atoms with Crippen LogP contribution in [-0.2, 0) is 4.79 Å². The Hall–Kier alpha value is -3.53. The minimum atomic E-state index is -1.04. The fraction of sp³-hybridized carbons (Fsp3) is 0.0870. The molecule has 0 atom stereocenters. The van der Waals surface area contributed by atoms with Crippen molar-refractivity contribution in [3.8, 4) is 11.8 Å². The highest BCUT2D eigenvalue weighted by molar-refractivity contribution is 6.36. The lowest BCUT2D eigenvalue weighted by Gasteiger charge is -2.12. The molecular weight excluding hydrogens is 437 g/mol. The summed E-state index contributed by atoms with van der Waals surface area (Å²) in [6, 6.07) is 14.9. The second kappa shape index (κ2) is 9.09. The lowest BCUT2D eigenvalue weighted by Crippen LogP contribution is -2.13. The molecule has 3 rings (SSSR count). The molecule has 2 N–H and O–H groups in total. The maximum absolute atomic E-state index is 12.6. The van der Waals surface area contributed by atoms with Crippen LogP contribution in [0.3, 0.4) is 0 Å². The number of carboxylic acid groups (broad SMARTS) is 1. The Labute approximate surface area is 188 Å². The molecule has 156 valence electrons. The highest BCUT2D eigenvalue weighted by atomic mass is 35.5. The number of hydrogen-bond acceptors (Lipinski definition) is 3. The molecule has 0 aliphatic carbocycles. The Morgan fingerprint density at radius 3 is 2.48 bits per heavy atom. The van der Waals surface area contributed by atoms with Gasteiger partial charge in [-0.1, -0.05) is 35.3 Å². The van der Waals surface area contributed by atoms with Crippen LogP contribution in [0.25, 0.3) is 11.8 Å². The van der Waals surface area contributed by atoms with Crippen molar-refractivity contribution < 1.29 is 14.7 Å². The average Bonchev–Trinajstić information content (AvgIpc) is 3.00. The zero-order valence-corrected chi connectivity index (χ0v) is 18.1. The number of nitrogens with one attached hydrogen (secondary N) is 1. The van der Waals surface area contributed by atoms with E-state index in [0.717, 1.165) is 5.69 Å². The number of carbonyl (C=O) groups is 2. The van der Waals surface area contributed by atoms with Crippen molar-refractivity contribution in [2.24, 2.45) is 0 Å². The van der Waals surface area contributed by atoms with Gasteiger partial charge < -0.3 is 15.0 Å². The van der Waals surface area contributed by atoms with Gasteiger partial charge in [0.25, 0.3) is 5.91 Å². The van der Waals surface area contributed by atoms with E-state index in [2.05, 4.69) is 5.32 Å². The van der Waals surface area contributed by atoms with Gasteiger partial charge in [-0.05, 0) is 61.9 Å². The van der Waals surface area contributed by atoms with Gasteiger partial charge in [0.05, 0.1) is 22.0 Å². The number of hydrogen-bond donors (Lipinski definition) is 2. The molecule has 0 aliphatic rings. The van der Waals surface area contributed by atoms with E-state index in [0.29, 0.717) is 27.7 Å². The predicted molar refractivity (Wildman–Crippen MR) is 121 cm³/mol. The summed E-state index contributed by atoms with van der Waals surface area (Å²) < 4.78 is 1.78. The first-order valence-electron chi connectivity index (χ1n) is 9.12. The van der Waals surface area contributed by atoms with E-state index in [-0.39, 0.29) is 16.2 Å². The van der Waals surface area contributed by atoms with E-state index in [9.17, 15) is 20.0 Å². The van der Waals surface area contributed by atoms with Crippen molar-refractivity contribution in [2.75, 3.05) is 5.32 Å². The number of halogens is 2. The van der Waals surface area contributed by atoms with Crippen molar-refractivity contribution in [3.63, 3.8) is 0 Å². The molecule has 0 saturated carbocycles. The lowest BCUT2D eigenvalue weighted by atomic mass is 10.1. The largest absolute Gasteiger partial charge is 0.478 e. The number of benzene rings is 2. The fourth-order valence-electron chi connectivity index (χ4n) is 3.24. The van der Waals surface area contributed by atoms with Crippen molar-refractivity contribution in [2.45, 2.75) is 13.8 Å². The molecule has 3 aromatic rings. The van der Waals surface area contributed by atoms with E-state index in [1.807, 2.05) is 13.0 Å². The van der Waals surface area contributed by atoms with Gasteiger partial charge in [0.15, 0.2) is 0 Å². The second-order valence-corrected chi connectivity index (χ2v) is 7.58. The van der Waals surface area contributed by atoms with Gasteiger partial charge >= 0.3 is 5.97 Å². The quantitative estimate of drug-likeness (QED) is 0.385. The predicted octanol–water partition coefficient (Wildman–Crippen LogP) is 5.64. The molecule has 0 bridgehead atoms. The van der Waals surface area contributed by atoms with Crippen molar-refractivity contribution >= 4 is 46.8 Å². The maximum Gasteiger partial charge on any atom is 0.337 e. The molecule has 8 heteroatoms. The first-order chi connectivity index (χ1) is 14.7. The van der Waals surface area contributed by atoms with Crippen LogP contribution >= 0.6 is 23.2 Å². The number of carboxylic acids is 1. The zero-order valence-electron chi connectivity index (χ0n) is 16.6. The topological polar surface area (TPSA) is 95.1 Å². The van der Waals surface area contributed by atoms with Gasteiger partial charge in [0.2, 0.25) is 0 Å². The molecule has 0 unspecified atom stereocenters. The third-order valence-electron chi connectivity index (χ3n) is 4.69. The summed E-state index contributed by atoms with van der Waals surface area (Å²) in [5.74, 6) is -1.67. The second-order valence-electron chi connectivity index (χ2n) is 6.73. The SMILES string of the molecule is Cc1cc(/C=C(/C#N)C(=O)Nc2ccc(Cl)cc2Cl)c(C)n1-c1ccccc1C(=O)O. The van der Waals surface area contributed by atoms with Crippen LogP contribution in [0, 0.1) is 25.2 Å². The summed E-state index contributed by atoms with van der Waals surface area (Å²) in [7, 11) is 0. The number of aryl methyl sites for hydroxylation is 1. The minimum Gasteiger partial charge on any atom is -0.478 e. The monoisotopic (exact) mass is 453 g/mol. The van der Waals surface area contributed by atoms with E-state index in [4.69, 9.17) is 23.2 Å². The Balaban J connectivity index is 1.99. The summed E-state index contributed by atoms with van der Waals surface area (Å²) in [4.78, 5) is 24.2. The summed E-state index contributed by atoms with van der Waals surface area (Å²) in [6.07, 6.45) is 1.46. The fourth-order valence-corrected chi connectivity index (χ4v) is 3.69. The molecule has 0 aliphatic heterocycles. The molecule has 2 aromatic carbocycles. The lowest BCUT2D eigenvalue weighted by molar-refractivity contribution is -0.112. The smallest absolute Gasteiger partial charge is 0.337 e. The number of anilines is 1. The number of rotatable bonds is 5. The first-order valence-corrected chi connectivity index (χ1v) is 9.88. The van der Waals surface area contributed by atoms with Crippen LogP contribution in [-0.4, -0.2) is 21.6 Å². The minimum absolute atomic E-state index is 0.127. The number of amides is 1. The Bertz CT molecular complexity index is 1270. The Morgan fingerprint density at radius 2 is 1.84 bits per heavy atom. The summed E-state index contributed by atoms with van der Waals surface area (Å²) >= 11 is 12.0. The van der Waals surface area contributed by atoms with Gasteiger partial charge in [0, 0.05) is 16.4 Å². The van der Waals surface area contributed by atoms with Crippen molar-refractivity contribution in [3.05, 3.63) is 86.7 Å². The highest BCUT2D eigenvalue weighted by Crippen LogP contribution is 2.27. The van der Waals surface area contributed by atoms with Gasteiger partial charge in [-0.3, -0.25) is 4.79 Å². The molecule has 0 fully saturated rings. The van der Waals surface area contributed by atoms with Crippen LogP contribution < -0.4 is 5.32 Å². The van der Waals surface area contributed by atoms with Crippen LogP contribution in [0.1, 0.15) is 27.3 Å². The summed E-state index contributed by atoms with van der Waals surface area (Å²) in [5, 5.41) is 22.3. The van der Waals surface area contributed by atoms with Crippen LogP contribution in [0.5, 0.6) is 0 Å². The summed E-state index contributed by atoms with van der Waals surface area (Å²) in [5.41, 5.74) is 2.92. The average molecular weight is 454 g/mol. The van der Waals surface area contributed by atoms with E-state index in [1.54, 1.807) is 47.9 Å². The number of nitriles is 1. The molecule has 31 heavy (non-hydrogen) atoms. The Kier molecular flexibility index (Phi) is 6.50. The van der Waals surface area contributed by atoms with Gasteiger partial charge in [0.1, 0.15) is 11.6 Å². The zero-order chi connectivity index (χ0) is 22.7. The number of aromatic carboxylic acids is 1. The number of para-hydroxylation sites is 1. The van der Waals surface area contributed by atoms with Crippen LogP contribution in [0.15, 0.2) is 54.1 Å². The third-order valence-corrected chi connectivity index (χ3v) is 5.24. The number of aromatic nitrogens is 1. The molecule has 1 amide bonds. The van der Waals surface area contributed by atoms with E-state index >= 15 is 0 Å². The molecule has 0 spiro atoms. The van der Waals surface area contributed by atoms with Crippen molar-refractivity contribution in [1.82, 2.24) is 4.57 Å². The van der Waals surface area contributed by atoms with E-state index < -0.39 is 11.9 Å². The Morgan fingerprint density at radius 1 is 1.13 bits per heavy atom. The third kappa shape index (κ3) is 4.64. The van der Waals surface area contributed by atoms with Crippen molar-refractivity contribution in [1.29, 1.82) is 5.26 Å². The molecule has 1 aromatic heterocycles. The van der Waals surface area contributed by atoms with Gasteiger partial charge in [-0.2, -0.15) is 5.26 Å². The number of nitrogens with zero attached hydrogens (tertiary/aromatic N) is 2. The van der Waals surface area contributed by atoms with Gasteiger partial charge in [-0.25, -0.2) is 4.79 Å². The normalized spacial score (nSPS) is 11.1. The maximum atomic E-state index is 12.6.